The SMILES string of the molecule is CCOC(=O)Cc1nc2ccccc2c(-c2ccccc2)c1C(=O)OCC. The van der Waals surface area contributed by atoms with Gasteiger partial charge in [0.15, 0.2) is 0 Å². The summed E-state index contributed by atoms with van der Waals surface area (Å²) in [5.74, 6) is -0.918. The quantitative estimate of drug-likeness (QED) is 0.615. The fourth-order valence-electron chi connectivity index (χ4n) is 3.07. The number of pyridine rings is 1. The molecule has 0 unspecified atom stereocenters. The van der Waals surface area contributed by atoms with Crippen LogP contribution in [0.15, 0.2) is 54.6 Å². The van der Waals surface area contributed by atoms with E-state index in [0.717, 1.165) is 16.5 Å². The number of aromatic nitrogens is 1. The van der Waals surface area contributed by atoms with Crippen molar-refractivity contribution < 1.29 is 19.1 Å². The lowest BCUT2D eigenvalue weighted by Gasteiger charge is -2.16. The number of carbonyl (C=O) groups is 2. The van der Waals surface area contributed by atoms with Gasteiger partial charge in [-0.25, -0.2) is 4.79 Å². The van der Waals surface area contributed by atoms with Crippen LogP contribution in [0.4, 0.5) is 0 Å². The Kier molecular flexibility index (Phi) is 5.81. The number of nitrogens with zero attached hydrogens (tertiary/aromatic N) is 1. The standard InChI is InChI=1S/C22H21NO4/c1-3-26-19(24)14-18-21(22(25)27-4-2)20(15-10-6-5-7-11-15)16-12-8-9-13-17(16)23-18/h5-13H,3-4,14H2,1-2H3. The molecule has 0 atom stereocenters. The van der Waals surface area contributed by atoms with Crippen LogP contribution < -0.4 is 0 Å². The summed E-state index contributed by atoms with van der Waals surface area (Å²) >= 11 is 0. The van der Waals surface area contributed by atoms with E-state index in [9.17, 15) is 9.59 Å². The normalized spacial score (nSPS) is 10.6. The van der Waals surface area contributed by atoms with Gasteiger partial charge >= 0.3 is 11.9 Å². The lowest BCUT2D eigenvalue weighted by atomic mass is 9.93. The van der Waals surface area contributed by atoms with Gasteiger partial charge in [0.05, 0.1) is 36.4 Å². The van der Waals surface area contributed by atoms with Gasteiger partial charge in [0.1, 0.15) is 0 Å². The van der Waals surface area contributed by atoms with E-state index in [1.807, 2.05) is 54.6 Å². The first-order valence-electron chi connectivity index (χ1n) is 8.95. The molecule has 5 nitrogen and oxygen atoms in total. The average molecular weight is 363 g/mol. The number of esters is 2. The molecule has 0 saturated heterocycles. The van der Waals surface area contributed by atoms with Crippen LogP contribution in [0.2, 0.25) is 0 Å². The molecule has 0 aliphatic rings. The van der Waals surface area contributed by atoms with Gasteiger partial charge in [0, 0.05) is 10.9 Å². The monoisotopic (exact) mass is 363 g/mol. The van der Waals surface area contributed by atoms with Crippen molar-refractivity contribution in [3.8, 4) is 11.1 Å². The maximum atomic E-state index is 12.8. The number of rotatable bonds is 6. The first-order valence-corrected chi connectivity index (χ1v) is 8.95. The second kappa shape index (κ2) is 8.45. The summed E-state index contributed by atoms with van der Waals surface area (Å²) in [6, 6.07) is 17.1. The molecule has 3 aromatic rings. The molecule has 5 heteroatoms. The Morgan fingerprint density at radius 3 is 2.26 bits per heavy atom. The Labute approximate surface area is 157 Å². The van der Waals surface area contributed by atoms with E-state index in [0.29, 0.717) is 16.8 Å². The Bertz CT molecular complexity index is 967. The Morgan fingerprint density at radius 2 is 1.56 bits per heavy atom. The van der Waals surface area contributed by atoms with Gasteiger partial charge in [-0.3, -0.25) is 9.78 Å². The predicted molar refractivity (Wildman–Crippen MR) is 103 cm³/mol. The molecular formula is C22H21NO4. The van der Waals surface area contributed by atoms with Crippen LogP contribution in [0.3, 0.4) is 0 Å². The van der Waals surface area contributed by atoms with Crippen molar-refractivity contribution in [1.29, 1.82) is 0 Å². The lowest BCUT2D eigenvalue weighted by molar-refractivity contribution is -0.142. The summed E-state index contributed by atoms with van der Waals surface area (Å²) in [6.07, 6.45) is -0.0906. The fraction of sp³-hybridized carbons (Fsp3) is 0.227. The molecule has 0 aliphatic heterocycles. The second-order valence-electron chi connectivity index (χ2n) is 5.89. The molecule has 0 spiro atoms. The maximum absolute atomic E-state index is 12.8. The molecule has 1 aromatic heterocycles. The first kappa shape index (κ1) is 18.6. The Balaban J connectivity index is 2.31. The highest BCUT2D eigenvalue weighted by atomic mass is 16.5. The molecule has 0 bridgehead atoms. The van der Waals surface area contributed by atoms with E-state index in [2.05, 4.69) is 4.98 Å². The zero-order valence-electron chi connectivity index (χ0n) is 15.4. The van der Waals surface area contributed by atoms with E-state index in [4.69, 9.17) is 9.47 Å². The molecule has 0 radical (unpaired) electrons. The Hall–Kier alpha value is -3.21. The third-order valence-electron chi connectivity index (χ3n) is 4.13. The summed E-state index contributed by atoms with van der Waals surface area (Å²) < 4.78 is 10.4. The van der Waals surface area contributed by atoms with Crippen LogP contribution in [-0.2, 0) is 20.7 Å². The molecule has 0 aliphatic carbocycles. The summed E-state index contributed by atoms with van der Waals surface area (Å²) in [7, 11) is 0. The number of fused-ring (bicyclic) bond motifs is 1. The largest absolute Gasteiger partial charge is 0.466 e. The van der Waals surface area contributed by atoms with Crippen LogP contribution >= 0.6 is 0 Å². The molecule has 27 heavy (non-hydrogen) atoms. The highest BCUT2D eigenvalue weighted by Crippen LogP contribution is 2.34. The van der Waals surface area contributed by atoms with Crippen molar-refractivity contribution in [2.24, 2.45) is 0 Å². The van der Waals surface area contributed by atoms with Gasteiger partial charge in [-0.2, -0.15) is 0 Å². The third kappa shape index (κ3) is 3.97. The summed E-state index contributed by atoms with van der Waals surface area (Å²) in [5, 5.41) is 0.833. The zero-order chi connectivity index (χ0) is 19.2. The van der Waals surface area contributed by atoms with Crippen LogP contribution in [-0.4, -0.2) is 30.1 Å². The van der Waals surface area contributed by atoms with Crippen molar-refractivity contribution in [2.45, 2.75) is 20.3 Å². The van der Waals surface area contributed by atoms with Gasteiger partial charge < -0.3 is 9.47 Å². The van der Waals surface area contributed by atoms with Crippen LogP contribution in [0.1, 0.15) is 29.9 Å². The van der Waals surface area contributed by atoms with E-state index < -0.39 is 11.9 Å². The number of ether oxygens (including phenoxy) is 2. The number of carbonyl (C=O) groups excluding carboxylic acids is 2. The lowest BCUT2D eigenvalue weighted by Crippen LogP contribution is -2.16. The highest BCUT2D eigenvalue weighted by molar-refractivity contribution is 6.08. The summed E-state index contributed by atoms with van der Waals surface area (Å²) in [5.41, 5.74) is 2.98. The highest BCUT2D eigenvalue weighted by Gasteiger charge is 2.24. The molecule has 0 saturated carbocycles. The number of hydrogen-bond donors (Lipinski definition) is 0. The molecule has 0 amide bonds. The Morgan fingerprint density at radius 1 is 0.889 bits per heavy atom. The molecule has 3 rings (SSSR count). The number of benzene rings is 2. The van der Waals surface area contributed by atoms with Gasteiger partial charge in [-0.1, -0.05) is 48.5 Å². The zero-order valence-corrected chi connectivity index (χ0v) is 15.4. The van der Waals surface area contributed by atoms with Gasteiger partial charge in [0.2, 0.25) is 0 Å². The van der Waals surface area contributed by atoms with Crippen molar-refractivity contribution >= 4 is 22.8 Å². The van der Waals surface area contributed by atoms with Crippen molar-refractivity contribution in [1.82, 2.24) is 4.98 Å². The number of hydrogen-bond acceptors (Lipinski definition) is 5. The van der Waals surface area contributed by atoms with Crippen LogP contribution in [0.25, 0.3) is 22.0 Å². The smallest absolute Gasteiger partial charge is 0.340 e. The third-order valence-corrected chi connectivity index (χ3v) is 4.13. The van der Waals surface area contributed by atoms with Crippen LogP contribution in [0.5, 0.6) is 0 Å². The first-order chi connectivity index (χ1) is 13.2. The minimum Gasteiger partial charge on any atom is -0.466 e. The molecular weight excluding hydrogens is 342 g/mol. The molecule has 0 N–H and O–H groups in total. The molecule has 1 heterocycles. The molecule has 0 fully saturated rings. The summed E-state index contributed by atoms with van der Waals surface area (Å²) in [4.78, 5) is 29.5. The molecule has 138 valence electrons. The van der Waals surface area contributed by atoms with E-state index in [-0.39, 0.29) is 19.6 Å². The number of para-hydroxylation sites is 1. The predicted octanol–water partition coefficient (Wildman–Crippen LogP) is 4.18. The van der Waals surface area contributed by atoms with Crippen LogP contribution in [0, 0.1) is 0 Å². The topological polar surface area (TPSA) is 65.5 Å². The van der Waals surface area contributed by atoms with E-state index in [1.54, 1.807) is 13.8 Å². The maximum Gasteiger partial charge on any atom is 0.340 e. The van der Waals surface area contributed by atoms with Crippen molar-refractivity contribution in [3.05, 3.63) is 65.9 Å². The van der Waals surface area contributed by atoms with E-state index >= 15 is 0 Å². The average Bonchev–Trinajstić information content (AvgIpc) is 2.68. The summed E-state index contributed by atoms with van der Waals surface area (Å²) in [6.45, 7) is 4.00. The fourth-order valence-corrected chi connectivity index (χ4v) is 3.07. The van der Waals surface area contributed by atoms with Crippen molar-refractivity contribution in [2.75, 3.05) is 13.2 Å². The second-order valence-corrected chi connectivity index (χ2v) is 5.89. The minimum atomic E-state index is -0.492. The minimum absolute atomic E-state index is 0.0906. The van der Waals surface area contributed by atoms with E-state index in [1.165, 1.54) is 0 Å². The van der Waals surface area contributed by atoms with Gasteiger partial charge in [0.25, 0.3) is 0 Å². The van der Waals surface area contributed by atoms with Crippen molar-refractivity contribution in [3.63, 3.8) is 0 Å². The van der Waals surface area contributed by atoms with Gasteiger partial charge in [-0.15, -0.1) is 0 Å². The van der Waals surface area contributed by atoms with Gasteiger partial charge in [-0.05, 0) is 25.5 Å². The molecule has 2 aromatic carbocycles.